The predicted molar refractivity (Wildman–Crippen MR) is 129 cm³/mol. The van der Waals surface area contributed by atoms with Gasteiger partial charge in [0.25, 0.3) is 0 Å². The average Bonchev–Trinajstić information content (AvgIpc) is 3.19. The van der Waals surface area contributed by atoms with Crippen molar-refractivity contribution >= 4 is 18.0 Å². The van der Waals surface area contributed by atoms with Gasteiger partial charge in [0.05, 0.1) is 18.9 Å². The number of aliphatic hydroxyl groups excluding tert-OH is 1. The SMILES string of the molecule is O=C(O)CCN1CCN(C(=O)CC(O)CNC(=O)OCC2c3ccccc3-c3ccccc32)CC1. The number of alkyl carbamates (subject to hydrolysis) is 1. The summed E-state index contributed by atoms with van der Waals surface area (Å²) in [4.78, 5) is 39.1. The summed E-state index contributed by atoms with van der Waals surface area (Å²) in [6.45, 7) is 2.75. The minimum atomic E-state index is -1.02. The fraction of sp³-hybridized carbons (Fsp3) is 0.423. The van der Waals surface area contributed by atoms with Crippen LogP contribution in [0.25, 0.3) is 11.1 Å². The van der Waals surface area contributed by atoms with Gasteiger partial charge in [-0.1, -0.05) is 48.5 Å². The molecule has 1 unspecified atom stereocenters. The number of carboxylic acid groups (broad SMARTS) is 1. The van der Waals surface area contributed by atoms with Crippen molar-refractivity contribution in [2.24, 2.45) is 0 Å². The Bertz CT molecular complexity index is 1020. The second-order valence-corrected chi connectivity index (χ2v) is 8.93. The van der Waals surface area contributed by atoms with E-state index in [0.717, 1.165) is 22.3 Å². The number of rotatable bonds is 9. The quantitative estimate of drug-likeness (QED) is 0.500. The van der Waals surface area contributed by atoms with E-state index in [4.69, 9.17) is 9.84 Å². The maximum atomic E-state index is 12.5. The highest BCUT2D eigenvalue weighted by Gasteiger charge is 2.29. The van der Waals surface area contributed by atoms with Crippen molar-refractivity contribution in [3.05, 3.63) is 59.7 Å². The number of hydrogen-bond acceptors (Lipinski definition) is 6. The third kappa shape index (κ3) is 6.17. The summed E-state index contributed by atoms with van der Waals surface area (Å²) in [5.41, 5.74) is 4.54. The van der Waals surface area contributed by atoms with Gasteiger partial charge in [-0.25, -0.2) is 4.79 Å². The first-order chi connectivity index (χ1) is 16.9. The first-order valence-corrected chi connectivity index (χ1v) is 11.9. The number of nitrogens with zero attached hydrogens (tertiary/aromatic N) is 2. The lowest BCUT2D eigenvalue weighted by Crippen LogP contribution is -2.50. The highest BCUT2D eigenvalue weighted by Crippen LogP contribution is 2.44. The van der Waals surface area contributed by atoms with Gasteiger partial charge in [-0.2, -0.15) is 0 Å². The maximum absolute atomic E-state index is 12.5. The molecule has 2 aromatic rings. The van der Waals surface area contributed by atoms with E-state index in [1.807, 2.05) is 41.3 Å². The lowest BCUT2D eigenvalue weighted by atomic mass is 9.98. The van der Waals surface area contributed by atoms with Crippen molar-refractivity contribution in [3.63, 3.8) is 0 Å². The summed E-state index contributed by atoms with van der Waals surface area (Å²) in [5, 5.41) is 21.6. The highest BCUT2D eigenvalue weighted by atomic mass is 16.5. The molecule has 0 aromatic heterocycles. The molecule has 2 aromatic carbocycles. The first kappa shape index (κ1) is 24.7. The van der Waals surface area contributed by atoms with Gasteiger partial charge >= 0.3 is 12.1 Å². The molecule has 35 heavy (non-hydrogen) atoms. The molecule has 9 nitrogen and oxygen atoms in total. The van der Waals surface area contributed by atoms with Crippen LogP contribution in [0.3, 0.4) is 0 Å². The zero-order valence-corrected chi connectivity index (χ0v) is 19.6. The number of benzene rings is 2. The number of piperazine rings is 1. The molecule has 1 atom stereocenters. The standard InChI is InChI=1S/C26H31N3O6/c30-18(15-24(31)29-13-11-28(12-14-29)10-9-25(32)33)16-27-26(34)35-17-23-21-7-3-1-5-19(21)20-6-2-4-8-22(20)23/h1-8,18,23,30H,9-17H2,(H,27,34)(H,32,33). The molecule has 186 valence electrons. The number of ether oxygens (including phenoxy) is 1. The van der Waals surface area contributed by atoms with Crippen molar-refractivity contribution < 1.29 is 29.3 Å². The van der Waals surface area contributed by atoms with Gasteiger partial charge in [0.1, 0.15) is 6.61 Å². The van der Waals surface area contributed by atoms with Gasteiger partial charge in [-0.05, 0) is 22.3 Å². The normalized spacial score (nSPS) is 16.3. The summed E-state index contributed by atoms with van der Waals surface area (Å²) in [7, 11) is 0. The minimum Gasteiger partial charge on any atom is -0.481 e. The van der Waals surface area contributed by atoms with Crippen LogP contribution in [0.4, 0.5) is 4.79 Å². The number of fused-ring (bicyclic) bond motifs is 3. The maximum Gasteiger partial charge on any atom is 0.407 e. The van der Waals surface area contributed by atoms with E-state index in [1.54, 1.807) is 4.90 Å². The fourth-order valence-corrected chi connectivity index (χ4v) is 4.73. The second kappa shape index (κ2) is 11.3. The minimum absolute atomic E-state index is 0.0474. The molecule has 1 saturated heterocycles. The zero-order chi connectivity index (χ0) is 24.8. The smallest absolute Gasteiger partial charge is 0.407 e. The van der Waals surface area contributed by atoms with E-state index in [-0.39, 0.29) is 37.8 Å². The van der Waals surface area contributed by atoms with Crippen molar-refractivity contribution in [1.29, 1.82) is 0 Å². The summed E-state index contributed by atoms with van der Waals surface area (Å²) in [5.74, 6) is -1.07. The fourth-order valence-electron chi connectivity index (χ4n) is 4.73. The largest absolute Gasteiger partial charge is 0.481 e. The van der Waals surface area contributed by atoms with Crippen molar-refractivity contribution in [2.45, 2.75) is 24.9 Å². The van der Waals surface area contributed by atoms with Crippen LogP contribution in [-0.2, 0) is 14.3 Å². The number of amides is 2. The van der Waals surface area contributed by atoms with Crippen LogP contribution in [0.15, 0.2) is 48.5 Å². The van der Waals surface area contributed by atoms with Crippen LogP contribution in [0.2, 0.25) is 0 Å². The molecule has 0 spiro atoms. The van der Waals surface area contributed by atoms with E-state index >= 15 is 0 Å². The molecular formula is C26H31N3O6. The Balaban J connectivity index is 1.19. The Morgan fingerprint density at radius 1 is 0.971 bits per heavy atom. The molecular weight excluding hydrogens is 450 g/mol. The van der Waals surface area contributed by atoms with Gasteiger partial charge in [0.2, 0.25) is 5.91 Å². The van der Waals surface area contributed by atoms with Crippen molar-refractivity contribution in [1.82, 2.24) is 15.1 Å². The Kier molecular flexibility index (Phi) is 7.99. The molecule has 2 aliphatic rings. The molecule has 0 saturated carbocycles. The number of carbonyl (C=O) groups is 3. The van der Waals surface area contributed by atoms with E-state index in [0.29, 0.717) is 32.7 Å². The molecule has 0 bridgehead atoms. The lowest BCUT2D eigenvalue weighted by Gasteiger charge is -2.34. The number of aliphatic carboxylic acids is 1. The second-order valence-electron chi connectivity index (χ2n) is 8.93. The number of nitrogens with one attached hydrogen (secondary N) is 1. The third-order valence-corrected chi connectivity index (χ3v) is 6.60. The first-order valence-electron chi connectivity index (χ1n) is 11.9. The molecule has 3 N–H and O–H groups in total. The molecule has 4 rings (SSSR count). The van der Waals surface area contributed by atoms with E-state index < -0.39 is 18.2 Å². The number of hydrogen-bond donors (Lipinski definition) is 3. The van der Waals surface area contributed by atoms with E-state index in [1.165, 1.54) is 0 Å². The Morgan fingerprint density at radius 2 is 1.57 bits per heavy atom. The van der Waals surface area contributed by atoms with Crippen LogP contribution in [0.1, 0.15) is 29.9 Å². The van der Waals surface area contributed by atoms with Gasteiger partial charge in [0, 0.05) is 45.2 Å². The molecule has 9 heteroatoms. The number of carboxylic acids is 1. The van der Waals surface area contributed by atoms with Crippen LogP contribution < -0.4 is 5.32 Å². The van der Waals surface area contributed by atoms with Gasteiger partial charge in [-0.15, -0.1) is 0 Å². The Hall–Kier alpha value is -3.43. The summed E-state index contributed by atoms with van der Waals surface area (Å²) in [6, 6.07) is 16.2. The van der Waals surface area contributed by atoms with E-state index in [9.17, 15) is 19.5 Å². The van der Waals surface area contributed by atoms with Crippen molar-refractivity contribution in [2.75, 3.05) is 45.9 Å². The lowest BCUT2D eigenvalue weighted by molar-refractivity contribution is -0.139. The summed E-state index contributed by atoms with van der Waals surface area (Å²) < 4.78 is 5.46. The van der Waals surface area contributed by atoms with Crippen LogP contribution in [0.5, 0.6) is 0 Å². The molecule has 1 fully saturated rings. The predicted octanol–water partition coefficient (Wildman–Crippen LogP) is 1.90. The van der Waals surface area contributed by atoms with E-state index in [2.05, 4.69) is 17.4 Å². The topological polar surface area (TPSA) is 119 Å². The number of aliphatic hydroxyl groups is 1. The monoisotopic (exact) mass is 481 g/mol. The van der Waals surface area contributed by atoms with Gasteiger partial charge in [0.15, 0.2) is 0 Å². The summed E-state index contributed by atoms with van der Waals surface area (Å²) in [6.07, 6.45) is -1.68. The third-order valence-electron chi connectivity index (χ3n) is 6.60. The number of carbonyl (C=O) groups excluding carboxylic acids is 2. The van der Waals surface area contributed by atoms with Gasteiger partial charge in [-0.3, -0.25) is 14.5 Å². The van der Waals surface area contributed by atoms with Crippen molar-refractivity contribution in [3.8, 4) is 11.1 Å². The van der Waals surface area contributed by atoms with Crippen LogP contribution >= 0.6 is 0 Å². The average molecular weight is 482 g/mol. The Labute approximate surface area is 204 Å². The molecule has 0 radical (unpaired) electrons. The molecule has 1 aliphatic carbocycles. The molecule has 2 amide bonds. The summed E-state index contributed by atoms with van der Waals surface area (Å²) >= 11 is 0. The van der Waals surface area contributed by atoms with Gasteiger partial charge < -0.3 is 25.2 Å². The highest BCUT2D eigenvalue weighted by molar-refractivity contribution is 5.79. The molecule has 1 heterocycles. The zero-order valence-electron chi connectivity index (χ0n) is 19.6. The molecule has 1 aliphatic heterocycles. The Morgan fingerprint density at radius 3 is 2.17 bits per heavy atom. The van der Waals surface area contributed by atoms with Crippen LogP contribution in [-0.4, -0.2) is 90.0 Å². The van der Waals surface area contributed by atoms with Crippen LogP contribution in [0, 0.1) is 0 Å².